The molecule has 0 aromatic heterocycles. The lowest BCUT2D eigenvalue weighted by Crippen LogP contribution is -3.22. The second-order valence-corrected chi connectivity index (χ2v) is 8.37. The summed E-state index contributed by atoms with van der Waals surface area (Å²) < 4.78 is 9.18. The van der Waals surface area contributed by atoms with Crippen LogP contribution in [0.25, 0.3) is 0 Å². The smallest absolute Gasteiger partial charge is 0.262 e. The topological polar surface area (TPSA) is 52.0 Å². The maximum Gasteiger partial charge on any atom is 0.262 e. The number of benzene rings is 1. The van der Waals surface area contributed by atoms with Crippen molar-refractivity contribution in [3.63, 3.8) is 0 Å². The fraction of sp³-hybridized carbons (Fsp3) is 0.562. The van der Waals surface area contributed by atoms with Crippen LogP contribution in [0.5, 0.6) is 5.75 Å². The number of methoxy groups -OCH3 is 1. The van der Waals surface area contributed by atoms with Gasteiger partial charge in [0, 0.05) is 5.56 Å². The average molecular weight is 397 g/mol. The van der Waals surface area contributed by atoms with Gasteiger partial charge in [0.15, 0.2) is 0 Å². The molecule has 1 aliphatic heterocycles. The molecule has 0 aliphatic carbocycles. The summed E-state index contributed by atoms with van der Waals surface area (Å²) in [7, 11) is 1.57. The molecular formula is C16H22Cl3N2O3+. The highest BCUT2D eigenvalue weighted by atomic mass is 35.6. The van der Waals surface area contributed by atoms with E-state index in [4.69, 9.17) is 44.3 Å². The van der Waals surface area contributed by atoms with Gasteiger partial charge in [0.1, 0.15) is 31.0 Å². The van der Waals surface area contributed by atoms with Crippen molar-refractivity contribution in [1.29, 1.82) is 0 Å². The summed E-state index contributed by atoms with van der Waals surface area (Å²) in [6, 6.07) is 6.77. The Bertz CT molecular complexity index is 553. The third kappa shape index (κ3) is 5.14. The van der Waals surface area contributed by atoms with E-state index in [-0.39, 0.29) is 18.1 Å². The Kier molecular flexibility index (Phi) is 6.62. The zero-order valence-electron chi connectivity index (χ0n) is 13.8. The molecule has 1 aromatic carbocycles. The summed E-state index contributed by atoms with van der Waals surface area (Å²) in [5.41, 5.74) is 0.476. The molecule has 1 aliphatic rings. The maximum atomic E-state index is 12.5. The molecule has 1 saturated heterocycles. The minimum Gasteiger partial charge on any atom is -0.497 e. The molecule has 134 valence electrons. The number of nitrogens with one attached hydrogen (secondary N) is 2. The lowest BCUT2D eigenvalue weighted by molar-refractivity contribution is -0.941. The van der Waals surface area contributed by atoms with Crippen LogP contribution in [0.15, 0.2) is 24.3 Å². The van der Waals surface area contributed by atoms with E-state index in [1.807, 2.05) is 13.8 Å². The minimum absolute atomic E-state index is 0.0245. The van der Waals surface area contributed by atoms with Crippen molar-refractivity contribution in [2.24, 2.45) is 0 Å². The van der Waals surface area contributed by atoms with Crippen molar-refractivity contribution in [3.05, 3.63) is 29.8 Å². The molecule has 5 nitrogen and oxygen atoms in total. The van der Waals surface area contributed by atoms with Crippen LogP contribution in [-0.2, 0) is 4.74 Å². The van der Waals surface area contributed by atoms with Gasteiger partial charge in [0.05, 0.1) is 7.11 Å². The summed E-state index contributed by atoms with van der Waals surface area (Å²) in [6.45, 7) is 5.23. The van der Waals surface area contributed by atoms with Gasteiger partial charge >= 0.3 is 0 Å². The normalized spacial score (nSPS) is 25.8. The van der Waals surface area contributed by atoms with Gasteiger partial charge in [-0.15, -0.1) is 0 Å². The van der Waals surface area contributed by atoms with Gasteiger partial charge in [-0.1, -0.05) is 34.8 Å². The lowest BCUT2D eigenvalue weighted by Gasteiger charge is -2.39. The summed E-state index contributed by atoms with van der Waals surface area (Å²) in [5.74, 6) is 0.374. The summed E-state index contributed by atoms with van der Waals surface area (Å²) in [4.78, 5) is 13.5. The minimum atomic E-state index is -1.63. The van der Waals surface area contributed by atoms with E-state index < -0.39 is 9.96 Å². The summed E-state index contributed by atoms with van der Waals surface area (Å²) in [5, 5.41) is 2.85. The molecule has 1 aromatic rings. The second-order valence-electron chi connectivity index (χ2n) is 6.00. The van der Waals surface area contributed by atoms with Gasteiger partial charge in [-0.2, -0.15) is 0 Å². The lowest BCUT2D eigenvalue weighted by atomic mass is 10.2. The number of amides is 1. The molecule has 2 rings (SSSR count). The van der Waals surface area contributed by atoms with Crippen molar-refractivity contribution in [3.8, 4) is 5.75 Å². The highest BCUT2D eigenvalue weighted by molar-refractivity contribution is 6.68. The summed E-state index contributed by atoms with van der Waals surface area (Å²) in [6.07, 6.45) is -0.626. The third-order valence-corrected chi connectivity index (χ3v) is 4.58. The second kappa shape index (κ2) is 8.11. The molecule has 1 fully saturated rings. The number of carbonyl (C=O) groups excluding carboxylic acids is 1. The molecular weight excluding hydrogens is 375 g/mol. The van der Waals surface area contributed by atoms with Crippen molar-refractivity contribution < 1.29 is 19.2 Å². The van der Waals surface area contributed by atoms with E-state index in [9.17, 15) is 4.79 Å². The SMILES string of the molecule is COc1ccc(C(=O)N[C@@H]([NH+]2C[C@@H](C)O[C@H](C)C2)C(Cl)(Cl)Cl)cc1. The van der Waals surface area contributed by atoms with Crippen LogP contribution in [0.1, 0.15) is 24.2 Å². The van der Waals surface area contributed by atoms with Crippen LogP contribution < -0.4 is 15.0 Å². The van der Waals surface area contributed by atoms with E-state index in [1.165, 1.54) is 0 Å². The van der Waals surface area contributed by atoms with Crippen LogP contribution in [0, 0.1) is 0 Å². The summed E-state index contributed by atoms with van der Waals surface area (Å²) >= 11 is 18.4. The van der Waals surface area contributed by atoms with E-state index >= 15 is 0 Å². The Morgan fingerprint density at radius 2 is 1.79 bits per heavy atom. The Morgan fingerprint density at radius 1 is 1.25 bits per heavy atom. The number of hydrogen-bond donors (Lipinski definition) is 2. The first-order valence-electron chi connectivity index (χ1n) is 7.72. The Labute approximate surface area is 157 Å². The number of hydrogen-bond acceptors (Lipinski definition) is 3. The average Bonchev–Trinajstić information content (AvgIpc) is 2.50. The number of alkyl halides is 3. The van der Waals surface area contributed by atoms with E-state index in [0.29, 0.717) is 24.4 Å². The molecule has 0 radical (unpaired) electrons. The Morgan fingerprint density at radius 3 is 2.25 bits per heavy atom. The van der Waals surface area contributed by atoms with E-state index in [2.05, 4.69) is 5.32 Å². The molecule has 8 heteroatoms. The highest BCUT2D eigenvalue weighted by Gasteiger charge is 2.44. The van der Waals surface area contributed by atoms with Gasteiger partial charge in [-0.3, -0.25) is 10.1 Å². The van der Waals surface area contributed by atoms with Crippen molar-refractivity contribution in [1.82, 2.24) is 5.32 Å². The van der Waals surface area contributed by atoms with Gasteiger partial charge in [0.25, 0.3) is 9.70 Å². The van der Waals surface area contributed by atoms with Crippen LogP contribution in [0.4, 0.5) is 0 Å². The number of ether oxygens (including phenoxy) is 2. The number of halogens is 3. The largest absolute Gasteiger partial charge is 0.497 e. The van der Waals surface area contributed by atoms with Gasteiger partial charge in [-0.25, -0.2) is 0 Å². The van der Waals surface area contributed by atoms with Crippen molar-refractivity contribution in [2.75, 3.05) is 20.2 Å². The standard InChI is InChI=1S/C16H21Cl3N2O3/c1-10-8-21(9-11(2)24-10)15(16(17,18)19)20-14(22)12-4-6-13(23-3)7-5-12/h4-7,10-11,15H,8-9H2,1-3H3,(H,20,22)/p+1/t10-,11-,15+/m1/s1. The Hall–Kier alpha value is -0.720. The van der Waals surface area contributed by atoms with Gasteiger partial charge in [-0.05, 0) is 38.1 Å². The van der Waals surface area contributed by atoms with Crippen LogP contribution >= 0.6 is 34.8 Å². The molecule has 1 heterocycles. The highest BCUT2D eigenvalue weighted by Crippen LogP contribution is 2.28. The number of quaternary nitrogens is 1. The van der Waals surface area contributed by atoms with Crippen LogP contribution in [-0.4, -0.2) is 48.3 Å². The molecule has 0 bridgehead atoms. The monoisotopic (exact) mass is 395 g/mol. The Balaban J connectivity index is 2.14. The molecule has 3 atom stereocenters. The van der Waals surface area contributed by atoms with Crippen LogP contribution in [0.3, 0.4) is 0 Å². The predicted octanol–water partition coefficient (Wildman–Crippen LogP) is 1.81. The molecule has 0 spiro atoms. The predicted molar refractivity (Wildman–Crippen MR) is 95.2 cm³/mol. The molecule has 2 N–H and O–H groups in total. The molecule has 0 saturated carbocycles. The molecule has 0 unspecified atom stereocenters. The third-order valence-electron chi connectivity index (χ3n) is 3.93. The van der Waals surface area contributed by atoms with Crippen LogP contribution in [0.2, 0.25) is 0 Å². The fourth-order valence-electron chi connectivity index (χ4n) is 2.92. The van der Waals surface area contributed by atoms with E-state index in [0.717, 1.165) is 4.90 Å². The first-order valence-corrected chi connectivity index (χ1v) is 8.85. The number of rotatable bonds is 4. The number of carbonyl (C=O) groups is 1. The maximum absolute atomic E-state index is 12.5. The van der Waals surface area contributed by atoms with Gasteiger partial charge in [0.2, 0.25) is 6.17 Å². The van der Waals surface area contributed by atoms with Crippen molar-refractivity contribution >= 4 is 40.7 Å². The number of morpholine rings is 1. The molecule has 24 heavy (non-hydrogen) atoms. The van der Waals surface area contributed by atoms with Crippen molar-refractivity contribution in [2.45, 2.75) is 36.0 Å². The first kappa shape index (κ1) is 19.6. The fourth-order valence-corrected chi connectivity index (χ4v) is 3.55. The first-order chi connectivity index (χ1) is 11.2. The zero-order chi connectivity index (χ0) is 17.9. The molecule has 1 amide bonds. The quantitative estimate of drug-likeness (QED) is 0.763. The zero-order valence-corrected chi connectivity index (χ0v) is 16.1. The van der Waals surface area contributed by atoms with E-state index in [1.54, 1.807) is 31.4 Å². The van der Waals surface area contributed by atoms with Gasteiger partial charge < -0.3 is 14.4 Å².